The Morgan fingerprint density at radius 2 is 2.07 bits per heavy atom. The van der Waals surface area contributed by atoms with Crippen LogP contribution in [-0.4, -0.2) is 63.1 Å². The summed E-state index contributed by atoms with van der Waals surface area (Å²) >= 11 is 0. The molecule has 5 N–H and O–H groups in total. The summed E-state index contributed by atoms with van der Waals surface area (Å²) in [6.45, 7) is -0.595. The molecule has 2 fully saturated rings. The smallest absolute Gasteiger partial charge is 0.408 e. The Kier molecular flexibility index (Phi) is 2.34. The number of carbonyl (C=O) groups is 1. The van der Waals surface area contributed by atoms with E-state index in [1.807, 2.05) is 0 Å². The summed E-state index contributed by atoms with van der Waals surface area (Å²) in [5.41, 5.74) is -1.51. The van der Waals surface area contributed by atoms with E-state index in [0.29, 0.717) is 0 Å². The molecule has 0 aromatic rings. The molecule has 1 aliphatic heterocycles. The molecule has 1 saturated heterocycles. The molecular weight excluding hydrogens is 206 g/mol. The number of rotatable bonds is 1. The molecule has 7 heteroatoms. The quantitative estimate of drug-likeness (QED) is 0.328. The van der Waals surface area contributed by atoms with Crippen LogP contribution < -0.4 is 5.32 Å². The number of nitrogens with one attached hydrogen (secondary N) is 1. The van der Waals surface area contributed by atoms with Crippen molar-refractivity contribution in [2.75, 3.05) is 6.61 Å². The molecule has 86 valence electrons. The van der Waals surface area contributed by atoms with E-state index in [-0.39, 0.29) is 6.42 Å². The van der Waals surface area contributed by atoms with Gasteiger partial charge in [0.2, 0.25) is 0 Å². The molecule has 7 nitrogen and oxygen atoms in total. The number of alkyl carbamates (subject to hydrolysis) is 1. The topological polar surface area (TPSA) is 119 Å². The summed E-state index contributed by atoms with van der Waals surface area (Å²) in [5, 5.41) is 40.1. The molecule has 2 bridgehead atoms. The standard InChI is InChI=1S/C8H13NO6/c10-2-8-1-3(9-7(14)15-8)4(11)5(12)6(8)13/h3-6,10-13H,1-2H2,(H,9,14)/t3-,4?,5?,6-,8?/m0/s1. The van der Waals surface area contributed by atoms with Crippen molar-refractivity contribution in [3.8, 4) is 0 Å². The van der Waals surface area contributed by atoms with Crippen LogP contribution in [0.3, 0.4) is 0 Å². The van der Waals surface area contributed by atoms with E-state index in [1.165, 1.54) is 0 Å². The first kappa shape index (κ1) is 10.6. The number of carbonyl (C=O) groups excluding carboxylic acids is 1. The van der Waals surface area contributed by atoms with Crippen LogP contribution in [0.2, 0.25) is 0 Å². The summed E-state index contributed by atoms with van der Waals surface area (Å²) in [7, 11) is 0. The Morgan fingerprint density at radius 1 is 1.40 bits per heavy atom. The minimum atomic E-state index is -1.51. The summed E-state index contributed by atoms with van der Waals surface area (Å²) < 4.78 is 4.80. The largest absolute Gasteiger partial charge is 0.438 e. The van der Waals surface area contributed by atoms with Crippen LogP contribution in [-0.2, 0) is 4.74 Å². The van der Waals surface area contributed by atoms with E-state index in [4.69, 9.17) is 9.84 Å². The van der Waals surface area contributed by atoms with Crippen molar-refractivity contribution < 1.29 is 30.0 Å². The molecule has 0 radical (unpaired) electrons. The Hall–Kier alpha value is -0.890. The van der Waals surface area contributed by atoms with Crippen LogP contribution >= 0.6 is 0 Å². The van der Waals surface area contributed by atoms with Gasteiger partial charge in [0.15, 0.2) is 5.60 Å². The molecule has 0 aromatic heterocycles. The van der Waals surface area contributed by atoms with Gasteiger partial charge in [0.05, 0.1) is 12.6 Å². The molecule has 1 saturated carbocycles. The Balaban J connectivity index is 2.32. The van der Waals surface area contributed by atoms with E-state index in [0.717, 1.165) is 0 Å². The molecule has 1 aliphatic carbocycles. The van der Waals surface area contributed by atoms with Crippen LogP contribution in [0.15, 0.2) is 0 Å². The average Bonchev–Trinajstić information content (AvgIpc) is 2.23. The zero-order chi connectivity index (χ0) is 11.2. The molecular formula is C8H13NO6. The average molecular weight is 219 g/mol. The fourth-order valence-electron chi connectivity index (χ4n) is 2.14. The fraction of sp³-hybridized carbons (Fsp3) is 0.875. The van der Waals surface area contributed by atoms with Gasteiger partial charge in [-0.3, -0.25) is 0 Å². The lowest BCUT2D eigenvalue weighted by Crippen LogP contribution is -2.72. The second kappa shape index (κ2) is 3.31. The summed E-state index contributed by atoms with van der Waals surface area (Å²) in [5.74, 6) is 0. The Labute approximate surface area is 85.3 Å². The van der Waals surface area contributed by atoms with Gasteiger partial charge in [-0.25, -0.2) is 4.79 Å². The van der Waals surface area contributed by atoms with Gasteiger partial charge in [-0.15, -0.1) is 0 Å². The number of aliphatic hydroxyl groups is 4. The van der Waals surface area contributed by atoms with Gasteiger partial charge >= 0.3 is 6.09 Å². The van der Waals surface area contributed by atoms with Crippen LogP contribution in [0.4, 0.5) is 4.79 Å². The zero-order valence-corrected chi connectivity index (χ0v) is 7.83. The first-order valence-electron chi connectivity index (χ1n) is 4.65. The van der Waals surface area contributed by atoms with E-state index >= 15 is 0 Å². The highest BCUT2D eigenvalue weighted by Crippen LogP contribution is 2.35. The lowest BCUT2D eigenvalue weighted by atomic mass is 9.75. The van der Waals surface area contributed by atoms with Gasteiger partial charge in [0.1, 0.15) is 18.3 Å². The molecule has 5 atom stereocenters. The van der Waals surface area contributed by atoms with Crippen molar-refractivity contribution in [2.24, 2.45) is 0 Å². The maximum atomic E-state index is 11.1. The van der Waals surface area contributed by atoms with Gasteiger partial charge in [0, 0.05) is 6.42 Å². The lowest BCUT2D eigenvalue weighted by Gasteiger charge is -2.50. The Morgan fingerprint density at radius 3 is 2.67 bits per heavy atom. The summed E-state index contributed by atoms with van der Waals surface area (Å²) in [4.78, 5) is 11.1. The van der Waals surface area contributed by atoms with Crippen molar-refractivity contribution in [3.63, 3.8) is 0 Å². The number of amides is 1. The molecule has 1 amide bonds. The first-order valence-corrected chi connectivity index (χ1v) is 4.65. The predicted molar refractivity (Wildman–Crippen MR) is 45.9 cm³/mol. The van der Waals surface area contributed by atoms with Gasteiger partial charge < -0.3 is 30.5 Å². The minimum Gasteiger partial charge on any atom is -0.438 e. The normalized spacial score (nSPS) is 49.5. The maximum absolute atomic E-state index is 11.1. The molecule has 1 heterocycles. The van der Waals surface area contributed by atoms with E-state index in [1.54, 1.807) is 0 Å². The highest BCUT2D eigenvalue weighted by molar-refractivity contribution is 5.69. The van der Waals surface area contributed by atoms with Gasteiger partial charge in [-0.1, -0.05) is 0 Å². The monoisotopic (exact) mass is 219 g/mol. The third-order valence-electron chi connectivity index (χ3n) is 3.06. The van der Waals surface area contributed by atoms with Crippen LogP contribution in [0.25, 0.3) is 0 Å². The van der Waals surface area contributed by atoms with Crippen LogP contribution in [0, 0.1) is 0 Å². The van der Waals surface area contributed by atoms with Crippen molar-refractivity contribution in [1.82, 2.24) is 5.32 Å². The Bertz CT molecular complexity index is 284. The SMILES string of the molecule is O=C1N[C@H]2CC(CO)(O1)[C@@H](O)C(O)C2O. The predicted octanol–water partition coefficient (Wildman–Crippen LogP) is -2.69. The number of fused-ring (bicyclic) bond motifs is 2. The van der Waals surface area contributed by atoms with Crippen molar-refractivity contribution in [2.45, 2.75) is 36.4 Å². The molecule has 3 unspecified atom stereocenters. The zero-order valence-electron chi connectivity index (χ0n) is 7.83. The van der Waals surface area contributed by atoms with E-state index in [2.05, 4.69) is 5.32 Å². The number of aliphatic hydroxyl groups excluding tert-OH is 4. The van der Waals surface area contributed by atoms with Crippen molar-refractivity contribution in [1.29, 1.82) is 0 Å². The third-order valence-corrected chi connectivity index (χ3v) is 3.06. The van der Waals surface area contributed by atoms with Gasteiger partial charge in [0.25, 0.3) is 0 Å². The molecule has 2 aliphatic rings. The second-order valence-corrected chi connectivity index (χ2v) is 3.99. The van der Waals surface area contributed by atoms with Gasteiger partial charge in [-0.2, -0.15) is 0 Å². The highest BCUT2D eigenvalue weighted by Gasteiger charge is 2.57. The number of hydrogen-bond acceptors (Lipinski definition) is 6. The summed E-state index contributed by atoms with van der Waals surface area (Å²) in [6.07, 6.45) is -4.94. The summed E-state index contributed by atoms with van der Waals surface area (Å²) in [6, 6.07) is -0.711. The van der Waals surface area contributed by atoms with Crippen LogP contribution in [0.5, 0.6) is 0 Å². The van der Waals surface area contributed by atoms with E-state index in [9.17, 15) is 20.1 Å². The molecule has 2 rings (SSSR count). The maximum Gasteiger partial charge on any atom is 0.408 e. The van der Waals surface area contributed by atoms with Crippen LogP contribution in [0.1, 0.15) is 6.42 Å². The lowest BCUT2D eigenvalue weighted by molar-refractivity contribution is -0.219. The minimum absolute atomic E-state index is 0.0641. The van der Waals surface area contributed by atoms with Gasteiger partial charge in [-0.05, 0) is 0 Å². The first-order chi connectivity index (χ1) is 7.00. The second-order valence-electron chi connectivity index (χ2n) is 3.99. The molecule has 15 heavy (non-hydrogen) atoms. The van der Waals surface area contributed by atoms with Crippen molar-refractivity contribution in [3.05, 3.63) is 0 Å². The molecule has 0 aromatic carbocycles. The highest BCUT2D eigenvalue weighted by atomic mass is 16.6. The number of hydrogen-bond donors (Lipinski definition) is 5. The molecule has 0 spiro atoms. The number of ether oxygens (including phenoxy) is 1. The van der Waals surface area contributed by atoms with Crippen molar-refractivity contribution >= 4 is 6.09 Å². The third kappa shape index (κ3) is 1.39. The van der Waals surface area contributed by atoms with E-state index < -0.39 is 42.7 Å². The fourth-order valence-corrected chi connectivity index (χ4v) is 2.14.